The predicted octanol–water partition coefficient (Wildman–Crippen LogP) is 0.685. The summed E-state index contributed by atoms with van der Waals surface area (Å²) in [5, 5.41) is 2.82. The summed E-state index contributed by atoms with van der Waals surface area (Å²) in [6, 6.07) is 7.30. The first-order valence-electron chi connectivity index (χ1n) is 5.93. The number of benzene rings is 1. The molecule has 1 aromatic carbocycles. The van der Waals surface area contributed by atoms with Crippen LogP contribution in [0.1, 0.15) is 22.8 Å². The van der Waals surface area contributed by atoms with Gasteiger partial charge in [0.2, 0.25) is 0 Å². The molecule has 2 unspecified atom stereocenters. The fraction of sp³-hybridized carbons (Fsp3) is 0.462. The standard InChI is InChI=1S/C13H20N2O2S/c1-10(9-18(2)17)15-13(16)12-5-3-11(4-6-12)7-8-14/h3-6,10H,7-9,14H2,1-2H3,(H,15,16). The van der Waals surface area contributed by atoms with Crippen LogP contribution in [0.15, 0.2) is 24.3 Å². The van der Waals surface area contributed by atoms with E-state index in [4.69, 9.17) is 5.73 Å². The Bertz CT molecular complexity index is 418. The minimum atomic E-state index is -0.903. The van der Waals surface area contributed by atoms with Crippen molar-refractivity contribution in [2.45, 2.75) is 19.4 Å². The zero-order valence-electron chi connectivity index (χ0n) is 10.8. The highest BCUT2D eigenvalue weighted by atomic mass is 32.2. The summed E-state index contributed by atoms with van der Waals surface area (Å²) in [4.78, 5) is 11.9. The first-order chi connectivity index (χ1) is 8.52. The first kappa shape index (κ1) is 14.9. The third-order valence-electron chi connectivity index (χ3n) is 2.51. The van der Waals surface area contributed by atoms with Crippen LogP contribution in [0.4, 0.5) is 0 Å². The fourth-order valence-corrected chi connectivity index (χ4v) is 2.48. The Hall–Kier alpha value is -1.20. The summed E-state index contributed by atoms with van der Waals surface area (Å²) in [5.74, 6) is 0.337. The number of nitrogens with two attached hydrogens (primary N) is 1. The summed E-state index contributed by atoms with van der Waals surface area (Å²) >= 11 is 0. The molecule has 5 heteroatoms. The van der Waals surface area contributed by atoms with Crippen molar-refractivity contribution in [2.75, 3.05) is 18.6 Å². The molecule has 2 atom stereocenters. The second-order valence-corrected chi connectivity index (χ2v) is 5.83. The average Bonchev–Trinajstić information content (AvgIpc) is 2.29. The molecule has 0 radical (unpaired) electrons. The van der Waals surface area contributed by atoms with E-state index in [1.165, 1.54) is 0 Å². The molecule has 1 aromatic rings. The van der Waals surface area contributed by atoms with Gasteiger partial charge < -0.3 is 11.1 Å². The van der Waals surface area contributed by atoms with E-state index in [-0.39, 0.29) is 11.9 Å². The van der Waals surface area contributed by atoms with Crippen LogP contribution in [0.2, 0.25) is 0 Å². The van der Waals surface area contributed by atoms with Crippen molar-refractivity contribution in [2.24, 2.45) is 5.73 Å². The third-order valence-corrected chi connectivity index (χ3v) is 3.48. The van der Waals surface area contributed by atoms with Crippen LogP contribution in [0, 0.1) is 0 Å². The molecule has 0 heterocycles. The Labute approximate surface area is 110 Å². The van der Waals surface area contributed by atoms with Gasteiger partial charge >= 0.3 is 0 Å². The Kier molecular flexibility index (Phi) is 6.01. The highest BCUT2D eigenvalue weighted by molar-refractivity contribution is 7.84. The summed E-state index contributed by atoms with van der Waals surface area (Å²) in [7, 11) is -0.903. The molecule has 0 saturated carbocycles. The van der Waals surface area contributed by atoms with Crippen molar-refractivity contribution in [1.29, 1.82) is 0 Å². The molecule has 100 valence electrons. The smallest absolute Gasteiger partial charge is 0.251 e. The maximum atomic E-state index is 11.9. The minimum Gasteiger partial charge on any atom is -0.349 e. The van der Waals surface area contributed by atoms with E-state index in [2.05, 4.69) is 5.32 Å². The molecular formula is C13H20N2O2S. The average molecular weight is 268 g/mol. The topological polar surface area (TPSA) is 72.2 Å². The molecule has 1 amide bonds. The molecule has 0 aliphatic heterocycles. The van der Waals surface area contributed by atoms with Gasteiger partial charge in [-0.2, -0.15) is 0 Å². The number of carbonyl (C=O) groups excluding carboxylic acids is 1. The lowest BCUT2D eigenvalue weighted by Gasteiger charge is -2.12. The van der Waals surface area contributed by atoms with Crippen LogP contribution in [0.25, 0.3) is 0 Å². The maximum absolute atomic E-state index is 11.9. The Morgan fingerprint density at radius 3 is 2.50 bits per heavy atom. The largest absolute Gasteiger partial charge is 0.349 e. The van der Waals surface area contributed by atoms with Gasteiger partial charge in [0, 0.05) is 34.4 Å². The fourth-order valence-electron chi connectivity index (χ4n) is 1.69. The van der Waals surface area contributed by atoms with Gasteiger partial charge in [0.1, 0.15) is 0 Å². The van der Waals surface area contributed by atoms with Crippen LogP contribution in [-0.2, 0) is 17.2 Å². The number of nitrogens with one attached hydrogen (secondary N) is 1. The molecule has 4 nitrogen and oxygen atoms in total. The molecule has 0 spiro atoms. The second-order valence-electron chi connectivity index (χ2n) is 4.35. The van der Waals surface area contributed by atoms with Crippen molar-refractivity contribution >= 4 is 16.7 Å². The maximum Gasteiger partial charge on any atom is 0.251 e. The molecule has 1 rings (SSSR count). The molecule has 18 heavy (non-hydrogen) atoms. The number of rotatable bonds is 6. The van der Waals surface area contributed by atoms with Gasteiger partial charge in [-0.05, 0) is 37.6 Å². The van der Waals surface area contributed by atoms with E-state index in [9.17, 15) is 9.00 Å². The highest BCUT2D eigenvalue weighted by Crippen LogP contribution is 2.05. The molecule has 0 saturated heterocycles. The summed E-state index contributed by atoms with van der Waals surface area (Å²) in [6.07, 6.45) is 2.44. The van der Waals surface area contributed by atoms with E-state index in [0.29, 0.717) is 17.9 Å². The monoisotopic (exact) mass is 268 g/mol. The van der Waals surface area contributed by atoms with Gasteiger partial charge in [0.25, 0.3) is 5.91 Å². The molecular weight excluding hydrogens is 248 g/mol. The van der Waals surface area contributed by atoms with Crippen molar-refractivity contribution in [3.05, 3.63) is 35.4 Å². The lowest BCUT2D eigenvalue weighted by molar-refractivity contribution is 0.0943. The normalized spacial score (nSPS) is 13.9. The van der Waals surface area contributed by atoms with Gasteiger partial charge in [-0.3, -0.25) is 9.00 Å². The molecule has 0 aromatic heterocycles. The quantitative estimate of drug-likeness (QED) is 0.797. The summed E-state index contributed by atoms with van der Waals surface area (Å²) in [5.41, 5.74) is 7.20. The van der Waals surface area contributed by atoms with Crippen molar-refractivity contribution in [3.8, 4) is 0 Å². The van der Waals surface area contributed by atoms with Gasteiger partial charge in [-0.25, -0.2) is 0 Å². The zero-order valence-corrected chi connectivity index (χ0v) is 11.6. The Morgan fingerprint density at radius 1 is 1.39 bits per heavy atom. The molecule has 3 N–H and O–H groups in total. The van der Waals surface area contributed by atoms with Crippen LogP contribution < -0.4 is 11.1 Å². The predicted molar refractivity (Wildman–Crippen MR) is 75.1 cm³/mol. The van der Waals surface area contributed by atoms with Crippen LogP contribution in [0.3, 0.4) is 0 Å². The number of amides is 1. The van der Waals surface area contributed by atoms with Crippen molar-refractivity contribution in [3.63, 3.8) is 0 Å². The van der Waals surface area contributed by atoms with Gasteiger partial charge in [-0.15, -0.1) is 0 Å². The molecule has 0 aliphatic carbocycles. The Morgan fingerprint density at radius 2 is 2.00 bits per heavy atom. The minimum absolute atomic E-state index is 0.0907. The van der Waals surface area contributed by atoms with E-state index >= 15 is 0 Å². The van der Waals surface area contributed by atoms with E-state index in [1.54, 1.807) is 18.4 Å². The first-order valence-corrected chi connectivity index (χ1v) is 7.65. The lowest BCUT2D eigenvalue weighted by atomic mass is 10.1. The summed E-state index contributed by atoms with van der Waals surface area (Å²) < 4.78 is 11.0. The van der Waals surface area contributed by atoms with E-state index in [1.807, 2.05) is 19.1 Å². The van der Waals surface area contributed by atoms with Crippen LogP contribution in [0.5, 0.6) is 0 Å². The number of hydrogen-bond acceptors (Lipinski definition) is 3. The second kappa shape index (κ2) is 7.28. The zero-order chi connectivity index (χ0) is 13.5. The molecule has 0 bridgehead atoms. The molecule has 0 aliphatic rings. The number of hydrogen-bond donors (Lipinski definition) is 2. The van der Waals surface area contributed by atoms with Gasteiger partial charge in [-0.1, -0.05) is 12.1 Å². The highest BCUT2D eigenvalue weighted by Gasteiger charge is 2.10. The third kappa shape index (κ3) is 4.98. The van der Waals surface area contributed by atoms with E-state index < -0.39 is 10.8 Å². The SMILES string of the molecule is CC(CS(C)=O)NC(=O)c1ccc(CCN)cc1. The summed E-state index contributed by atoms with van der Waals surface area (Å²) in [6.45, 7) is 2.45. The lowest BCUT2D eigenvalue weighted by Crippen LogP contribution is -2.36. The van der Waals surface area contributed by atoms with Crippen LogP contribution >= 0.6 is 0 Å². The van der Waals surface area contributed by atoms with E-state index in [0.717, 1.165) is 12.0 Å². The number of carbonyl (C=O) groups is 1. The van der Waals surface area contributed by atoms with Crippen LogP contribution in [-0.4, -0.2) is 34.7 Å². The van der Waals surface area contributed by atoms with Crippen molar-refractivity contribution in [1.82, 2.24) is 5.32 Å². The van der Waals surface area contributed by atoms with Gasteiger partial charge in [0.15, 0.2) is 0 Å². The molecule has 0 fully saturated rings. The Balaban J connectivity index is 2.58. The van der Waals surface area contributed by atoms with Crippen molar-refractivity contribution < 1.29 is 9.00 Å². The van der Waals surface area contributed by atoms with Gasteiger partial charge in [0.05, 0.1) is 0 Å².